The molecule has 0 atom stereocenters. The van der Waals surface area contributed by atoms with Gasteiger partial charge in [-0.3, -0.25) is 0 Å². The number of aromatic nitrogens is 1. The number of methoxy groups -OCH3 is 1. The van der Waals surface area contributed by atoms with Gasteiger partial charge >= 0.3 is 0 Å². The summed E-state index contributed by atoms with van der Waals surface area (Å²) >= 11 is 0. The van der Waals surface area contributed by atoms with Crippen LogP contribution in [-0.2, 0) is 24.1 Å². The summed E-state index contributed by atoms with van der Waals surface area (Å²) in [5.41, 5.74) is 10.0. The lowest BCUT2D eigenvalue weighted by Crippen LogP contribution is -2.04. The molecule has 2 heterocycles. The fourth-order valence-electron chi connectivity index (χ4n) is 3.31. The Morgan fingerprint density at radius 1 is 1.29 bits per heavy atom. The molecule has 4 nitrogen and oxygen atoms in total. The Hall–Kier alpha value is -1.52. The van der Waals surface area contributed by atoms with Crippen LogP contribution >= 0.6 is 0 Å². The summed E-state index contributed by atoms with van der Waals surface area (Å²) in [4.78, 5) is 0. The molecular formula is C17H24N2O2. The topological polar surface area (TPSA) is 49.4 Å². The molecule has 114 valence electrons. The van der Waals surface area contributed by atoms with Gasteiger partial charge in [0.05, 0.1) is 6.61 Å². The molecule has 0 radical (unpaired) electrons. The van der Waals surface area contributed by atoms with E-state index >= 15 is 0 Å². The molecule has 21 heavy (non-hydrogen) atoms. The summed E-state index contributed by atoms with van der Waals surface area (Å²) in [6.45, 7) is 3.26. The first-order valence-electron chi connectivity index (χ1n) is 7.81. The van der Waals surface area contributed by atoms with Crippen LogP contribution in [0.4, 0.5) is 0 Å². The highest BCUT2D eigenvalue weighted by Gasteiger charge is 2.20. The average Bonchev–Trinajstić information content (AvgIpc) is 3.07. The Morgan fingerprint density at radius 2 is 2.19 bits per heavy atom. The number of rotatable bonds is 7. The lowest BCUT2D eigenvalue weighted by molar-refractivity contribution is 0.172. The highest BCUT2D eigenvalue weighted by atomic mass is 16.5. The molecule has 0 spiro atoms. The summed E-state index contributed by atoms with van der Waals surface area (Å²) in [5.74, 6) is 0.946. The number of nitrogens with two attached hydrogens (primary N) is 1. The average molecular weight is 288 g/mol. The van der Waals surface area contributed by atoms with Crippen molar-refractivity contribution < 1.29 is 9.47 Å². The molecule has 0 bridgehead atoms. The fraction of sp³-hybridized carbons (Fsp3) is 0.529. The maximum atomic E-state index is 5.83. The molecule has 0 fully saturated rings. The first kappa shape index (κ1) is 14.4. The Labute approximate surface area is 125 Å². The molecule has 1 aliphatic rings. The van der Waals surface area contributed by atoms with Crippen LogP contribution in [0.15, 0.2) is 18.2 Å². The van der Waals surface area contributed by atoms with E-state index < -0.39 is 0 Å². The van der Waals surface area contributed by atoms with E-state index in [9.17, 15) is 0 Å². The second-order valence-electron chi connectivity index (χ2n) is 5.59. The van der Waals surface area contributed by atoms with E-state index in [1.807, 2.05) is 0 Å². The third-order valence-electron chi connectivity index (χ3n) is 4.21. The predicted molar refractivity (Wildman–Crippen MR) is 85.0 cm³/mol. The Morgan fingerprint density at radius 3 is 3.00 bits per heavy atom. The normalized spacial score (nSPS) is 13.8. The van der Waals surface area contributed by atoms with Gasteiger partial charge in [0.15, 0.2) is 0 Å². The Bertz CT molecular complexity index is 619. The van der Waals surface area contributed by atoms with Crippen molar-refractivity contribution in [3.05, 3.63) is 29.5 Å². The number of hydrogen-bond donors (Lipinski definition) is 1. The summed E-state index contributed by atoms with van der Waals surface area (Å²) in [7, 11) is 1.72. The van der Waals surface area contributed by atoms with E-state index in [0.29, 0.717) is 13.2 Å². The molecule has 2 N–H and O–H groups in total. The van der Waals surface area contributed by atoms with Crippen LogP contribution in [0.5, 0.6) is 5.75 Å². The molecule has 4 heteroatoms. The van der Waals surface area contributed by atoms with Gasteiger partial charge < -0.3 is 19.8 Å². The minimum Gasteiger partial charge on any atom is -0.493 e. The van der Waals surface area contributed by atoms with E-state index in [-0.39, 0.29) is 0 Å². The van der Waals surface area contributed by atoms with Crippen molar-refractivity contribution in [2.45, 2.75) is 32.2 Å². The predicted octanol–water partition coefficient (Wildman–Crippen LogP) is 2.50. The van der Waals surface area contributed by atoms with Crippen LogP contribution in [-0.4, -0.2) is 31.4 Å². The second-order valence-corrected chi connectivity index (χ2v) is 5.59. The maximum Gasteiger partial charge on any atom is 0.120 e. The number of ether oxygens (including phenoxy) is 2. The highest BCUT2D eigenvalue weighted by Crippen LogP contribution is 2.33. The van der Waals surface area contributed by atoms with Crippen LogP contribution in [0.1, 0.15) is 24.1 Å². The van der Waals surface area contributed by atoms with Crippen LogP contribution in [0, 0.1) is 0 Å². The van der Waals surface area contributed by atoms with Gasteiger partial charge in [-0.1, -0.05) is 0 Å². The van der Waals surface area contributed by atoms with Crippen molar-refractivity contribution in [3.8, 4) is 5.75 Å². The number of hydrogen-bond acceptors (Lipinski definition) is 3. The maximum absolute atomic E-state index is 5.83. The standard InChI is InChI=1S/C17H24N2O2/c1-20-10-3-11-21-13-5-6-17-15(12-13)14(7-8-18)16-4-2-9-19(16)17/h5-6,12H,2-4,7-11,18H2,1H3. The molecule has 2 aromatic rings. The van der Waals surface area contributed by atoms with Crippen molar-refractivity contribution in [3.63, 3.8) is 0 Å². The molecule has 0 aliphatic carbocycles. The number of aryl methyl sites for hydroxylation is 1. The molecule has 0 amide bonds. The van der Waals surface area contributed by atoms with E-state index in [0.717, 1.165) is 31.7 Å². The highest BCUT2D eigenvalue weighted by molar-refractivity contribution is 5.87. The van der Waals surface area contributed by atoms with Gasteiger partial charge in [0.2, 0.25) is 0 Å². The summed E-state index contributed by atoms with van der Waals surface area (Å²) < 4.78 is 13.3. The SMILES string of the molecule is COCCCOc1ccc2c(c1)c(CCN)c1n2CCC1. The third-order valence-corrected chi connectivity index (χ3v) is 4.21. The Kier molecular flexibility index (Phi) is 4.46. The van der Waals surface area contributed by atoms with Crippen LogP contribution < -0.4 is 10.5 Å². The smallest absolute Gasteiger partial charge is 0.120 e. The second kappa shape index (κ2) is 6.50. The van der Waals surface area contributed by atoms with Crippen LogP contribution in [0.2, 0.25) is 0 Å². The van der Waals surface area contributed by atoms with Gasteiger partial charge in [0, 0.05) is 43.3 Å². The van der Waals surface area contributed by atoms with Gasteiger partial charge in [0.1, 0.15) is 5.75 Å². The zero-order chi connectivity index (χ0) is 14.7. The third kappa shape index (κ3) is 2.78. The number of fused-ring (bicyclic) bond motifs is 3. The van der Waals surface area contributed by atoms with Crippen molar-refractivity contribution >= 4 is 10.9 Å². The van der Waals surface area contributed by atoms with Gasteiger partial charge in [-0.2, -0.15) is 0 Å². The van der Waals surface area contributed by atoms with E-state index in [4.69, 9.17) is 15.2 Å². The molecule has 3 rings (SSSR count). The molecule has 0 saturated carbocycles. The lowest BCUT2D eigenvalue weighted by Gasteiger charge is -2.07. The summed E-state index contributed by atoms with van der Waals surface area (Å²) in [6, 6.07) is 6.45. The minimum atomic E-state index is 0.694. The van der Waals surface area contributed by atoms with E-state index in [1.165, 1.54) is 35.0 Å². The zero-order valence-corrected chi connectivity index (χ0v) is 12.7. The molecule has 1 aliphatic heterocycles. The van der Waals surface area contributed by atoms with Crippen molar-refractivity contribution in [1.82, 2.24) is 4.57 Å². The molecule has 1 aromatic carbocycles. The fourth-order valence-corrected chi connectivity index (χ4v) is 3.31. The van der Waals surface area contributed by atoms with Crippen molar-refractivity contribution in [1.29, 1.82) is 0 Å². The molecule has 1 aromatic heterocycles. The van der Waals surface area contributed by atoms with Gasteiger partial charge in [-0.05, 0) is 49.6 Å². The lowest BCUT2D eigenvalue weighted by atomic mass is 10.1. The van der Waals surface area contributed by atoms with Crippen LogP contribution in [0.3, 0.4) is 0 Å². The summed E-state index contributed by atoms with van der Waals surface area (Å²) in [5, 5.41) is 1.32. The first-order valence-corrected chi connectivity index (χ1v) is 7.81. The number of benzene rings is 1. The molecule has 0 unspecified atom stereocenters. The summed E-state index contributed by atoms with van der Waals surface area (Å²) in [6.07, 6.45) is 4.29. The van der Waals surface area contributed by atoms with Crippen molar-refractivity contribution in [2.75, 3.05) is 26.9 Å². The van der Waals surface area contributed by atoms with Crippen LogP contribution in [0.25, 0.3) is 10.9 Å². The monoisotopic (exact) mass is 288 g/mol. The van der Waals surface area contributed by atoms with E-state index in [1.54, 1.807) is 7.11 Å². The van der Waals surface area contributed by atoms with Gasteiger partial charge in [-0.25, -0.2) is 0 Å². The zero-order valence-electron chi connectivity index (χ0n) is 12.7. The Balaban J connectivity index is 1.88. The molecule has 0 saturated heterocycles. The quantitative estimate of drug-likeness (QED) is 0.796. The number of nitrogens with zero attached hydrogens (tertiary/aromatic N) is 1. The largest absolute Gasteiger partial charge is 0.493 e. The molecular weight excluding hydrogens is 264 g/mol. The van der Waals surface area contributed by atoms with Gasteiger partial charge in [0.25, 0.3) is 0 Å². The van der Waals surface area contributed by atoms with Crippen molar-refractivity contribution in [2.24, 2.45) is 5.73 Å². The minimum absolute atomic E-state index is 0.694. The van der Waals surface area contributed by atoms with Gasteiger partial charge in [-0.15, -0.1) is 0 Å². The first-order chi connectivity index (χ1) is 10.3. The van der Waals surface area contributed by atoms with E-state index in [2.05, 4.69) is 22.8 Å².